The Morgan fingerprint density at radius 2 is 0.694 bits per heavy atom. The van der Waals surface area contributed by atoms with Crippen LogP contribution in [-0.2, 0) is 53.8 Å². The Labute approximate surface area is 770 Å². The number of allylic oxidation sites excluding steroid dienone is 2. The summed E-state index contributed by atoms with van der Waals surface area (Å²) in [7, 11) is -7.92. The number of aromatic carboxylic acids is 1. The topological polar surface area (TPSA) is 243 Å². The highest BCUT2D eigenvalue weighted by Crippen LogP contribution is 2.43. The average molecular weight is 1910 g/mol. The van der Waals surface area contributed by atoms with Crippen LogP contribution in [0.3, 0.4) is 0 Å². The molecule has 0 saturated carbocycles. The summed E-state index contributed by atoms with van der Waals surface area (Å²) >= 11 is 9.90. The quantitative estimate of drug-likeness (QED) is 0.0277. The van der Waals surface area contributed by atoms with Crippen LogP contribution in [0.2, 0.25) is 15.1 Å². The van der Waals surface area contributed by atoms with Crippen molar-refractivity contribution in [2.75, 3.05) is 41.9 Å². The fraction of sp³-hybridized carbons (Fsp3) is 0.304. The summed E-state index contributed by atoms with van der Waals surface area (Å²) in [6.45, 7) is 48.3. The van der Waals surface area contributed by atoms with Crippen molar-refractivity contribution in [3.63, 3.8) is 0 Å². The maximum absolute atomic E-state index is 10.5. The first kappa shape index (κ1) is 104. The van der Waals surface area contributed by atoms with Gasteiger partial charge >= 0.3 is 13.1 Å². The van der Waals surface area contributed by atoms with Crippen molar-refractivity contribution in [1.29, 1.82) is 0 Å². The van der Waals surface area contributed by atoms with Crippen molar-refractivity contribution in [2.45, 2.75) is 189 Å². The molecule has 0 unspecified atom stereocenters. The maximum Gasteiger partial charge on any atom is 0.489 e. The van der Waals surface area contributed by atoms with Crippen LogP contribution in [0.25, 0.3) is 5.57 Å². The van der Waals surface area contributed by atoms with E-state index >= 15 is 0 Å². The van der Waals surface area contributed by atoms with Gasteiger partial charge in [-0.15, -0.1) is 6.58 Å². The number of hydrogen-bond donors (Lipinski definition) is 7. The predicted octanol–water partition coefficient (Wildman–Crippen LogP) is 21.8. The highest BCUT2D eigenvalue weighted by Gasteiger charge is 2.54. The van der Waals surface area contributed by atoms with Crippen LogP contribution >= 0.6 is 47.8 Å². The van der Waals surface area contributed by atoms with Gasteiger partial charge in [-0.1, -0.05) is 337 Å². The molecule has 2 aliphatic rings. The zero-order valence-corrected chi connectivity index (χ0v) is 83.3. The molecule has 11 aromatic rings. The van der Waals surface area contributed by atoms with Crippen molar-refractivity contribution in [1.82, 2.24) is 0 Å². The Balaban J connectivity index is 0.000000237. The lowest BCUT2D eigenvalue weighted by atomic mass is 9.81. The van der Waals surface area contributed by atoms with E-state index in [0.29, 0.717) is 35.9 Å². The lowest BCUT2D eigenvalue weighted by Crippen LogP contribution is -2.66. The minimum Gasteiger partial charge on any atom is -0.478 e. The van der Waals surface area contributed by atoms with E-state index in [2.05, 4.69) is 343 Å². The Morgan fingerprint density at radius 1 is 0.419 bits per heavy atom. The zero-order valence-electron chi connectivity index (χ0n) is 75.6. The molecule has 0 amide bonds. The van der Waals surface area contributed by atoms with Crippen molar-refractivity contribution in [3.8, 4) is 0 Å². The molecule has 0 aliphatic carbocycles. The maximum atomic E-state index is 10.5. The molecule has 0 spiro atoms. The van der Waals surface area contributed by atoms with Gasteiger partial charge in [0.1, 0.15) is 0 Å². The molecule has 655 valence electrons. The van der Waals surface area contributed by atoms with Crippen LogP contribution in [0.15, 0.2) is 305 Å². The van der Waals surface area contributed by atoms with Gasteiger partial charge in [0, 0.05) is 63.1 Å². The van der Waals surface area contributed by atoms with E-state index in [0.717, 1.165) is 78.1 Å². The van der Waals surface area contributed by atoms with Gasteiger partial charge in [-0.05, 0) is 201 Å². The van der Waals surface area contributed by atoms with Crippen LogP contribution in [-0.4, -0.2) is 81.1 Å². The first-order chi connectivity index (χ1) is 58.0. The summed E-state index contributed by atoms with van der Waals surface area (Å²) in [6.07, 6.45) is 2.56. The lowest BCUT2D eigenvalue weighted by Gasteiger charge is -2.43. The summed E-state index contributed by atoms with van der Waals surface area (Å²) in [6, 6.07) is 92.8. The SMILES string of the molecule is C1CCOC1.C=C(C)B1OC(C)(C)C(C)(C)O1.C=C(C)c1cccc(CO[Si](c2ccccc2)(c2ccccc2)C(C)(C)C)c1N.CC(C)(C)[Si](OCc1cccc(Br)c1N)(c1ccccc1)c1ccccc1.CC(C)c1cccc(CO[Si](c2ccccc2)(c2ccccc2)C(C)(C)C)c1N.Nc1c(Br)cccc1C(=O)O.Nc1c(Br)cccc1CO.[B]. The number of nitrogens with two attached hydrogens (primary N) is 5. The number of para-hydroxylation sites is 5. The van der Waals surface area contributed by atoms with Crippen molar-refractivity contribution in [2.24, 2.45) is 0 Å². The van der Waals surface area contributed by atoms with Crippen molar-refractivity contribution >= 4 is 159 Å². The second kappa shape index (κ2) is 47.2. The minimum absolute atomic E-state index is 0. The molecule has 14 nitrogen and oxygen atoms in total. The molecule has 11 aromatic carbocycles. The van der Waals surface area contributed by atoms with E-state index < -0.39 is 30.9 Å². The number of benzene rings is 11. The van der Waals surface area contributed by atoms with E-state index in [9.17, 15) is 4.79 Å². The van der Waals surface area contributed by atoms with Crippen LogP contribution < -0.4 is 59.8 Å². The fourth-order valence-corrected chi connectivity index (χ4v) is 29.7. The number of anilines is 5. The van der Waals surface area contributed by atoms with Gasteiger partial charge in [0.2, 0.25) is 0 Å². The van der Waals surface area contributed by atoms with E-state index in [-0.39, 0.29) is 59.7 Å². The molecule has 0 bridgehead atoms. The number of aliphatic hydroxyl groups is 1. The molecule has 2 saturated heterocycles. The molecule has 0 atom stereocenters. The number of carbonyl (C=O) groups is 1. The molecular formula is C102H129B2Br3N5O9Si3. The van der Waals surface area contributed by atoms with Gasteiger partial charge in [-0.3, -0.25) is 0 Å². The Kier molecular flexibility index (Phi) is 39.6. The fourth-order valence-electron chi connectivity index (χ4n) is 14.9. The molecule has 2 aliphatic heterocycles. The molecular weight excluding hydrogens is 1780 g/mol. The third-order valence-electron chi connectivity index (χ3n) is 22.3. The van der Waals surface area contributed by atoms with E-state index in [1.807, 2.05) is 84.0 Å². The van der Waals surface area contributed by atoms with Gasteiger partial charge in [-0.25, -0.2) is 4.79 Å². The van der Waals surface area contributed by atoms with Gasteiger partial charge in [0.25, 0.3) is 25.0 Å². The van der Waals surface area contributed by atoms with Gasteiger partial charge < -0.3 is 66.2 Å². The normalized spacial score (nSPS) is 13.5. The minimum atomic E-state index is -2.58. The summed E-state index contributed by atoms with van der Waals surface area (Å²) in [4.78, 5) is 10.5. The van der Waals surface area contributed by atoms with E-state index in [1.165, 1.54) is 55.6 Å². The lowest BCUT2D eigenvalue weighted by molar-refractivity contribution is 0.00578. The summed E-state index contributed by atoms with van der Waals surface area (Å²) in [5.74, 6) is -0.619. The average Bonchev–Trinajstić information content (AvgIpc) is 0.933. The summed E-state index contributed by atoms with van der Waals surface area (Å²) in [5.41, 5.74) is 41.2. The number of carboxylic acids is 1. The van der Waals surface area contributed by atoms with E-state index in [1.54, 1.807) is 18.2 Å². The van der Waals surface area contributed by atoms with Gasteiger partial charge in [-0.2, -0.15) is 0 Å². The molecule has 2 heterocycles. The van der Waals surface area contributed by atoms with E-state index in [4.69, 9.17) is 66.2 Å². The Bertz CT molecular complexity index is 5040. The third-order valence-corrected chi connectivity index (χ3v) is 39.3. The number of carboxylic acid groups (broad SMARTS) is 1. The number of aliphatic hydroxyl groups excluding tert-OH is 1. The predicted molar refractivity (Wildman–Crippen MR) is 543 cm³/mol. The number of halogens is 3. The molecule has 3 radical (unpaired) electrons. The molecule has 0 aromatic heterocycles. The van der Waals surface area contributed by atoms with Crippen LogP contribution in [0.4, 0.5) is 28.4 Å². The first-order valence-electron chi connectivity index (χ1n) is 41.7. The van der Waals surface area contributed by atoms with Crippen molar-refractivity contribution in [3.05, 3.63) is 344 Å². The number of ether oxygens (including phenoxy) is 1. The number of hydrogen-bond acceptors (Lipinski definition) is 13. The van der Waals surface area contributed by atoms with Gasteiger partial charge in [0.15, 0.2) is 0 Å². The Morgan fingerprint density at radius 3 is 0.952 bits per heavy atom. The molecule has 13 rings (SSSR count). The largest absolute Gasteiger partial charge is 0.489 e. The Hall–Kier alpha value is -8.69. The molecule has 2 fully saturated rings. The van der Waals surface area contributed by atoms with Crippen LogP contribution in [0, 0.1) is 0 Å². The zero-order chi connectivity index (χ0) is 90.7. The summed E-state index contributed by atoms with van der Waals surface area (Å²) in [5, 5.41) is 24.9. The number of nitrogen functional groups attached to an aromatic ring is 5. The molecule has 12 N–H and O–H groups in total. The second-order valence-electron chi connectivity index (χ2n) is 35.1. The van der Waals surface area contributed by atoms with Crippen LogP contribution in [0.1, 0.15) is 180 Å². The van der Waals surface area contributed by atoms with Gasteiger partial charge in [0.05, 0.1) is 60.3 Å². The standard InChI is InChI=1S/C26H33NOSi.C26H31NOSi.C23H26BrNOSi.C9H17BO2.C7H6BrNO2.C7H8BrNO.C4H8O.B/c2*1-20(2)24-18-12-13-21(25(24)27)19-28-29(26(3,4)5,22-14-8-6-9-15-22)23-16-10-7-11-17-23;1-23(2,3)27(19-12-6-4-7-13-19,20-14-8-5-9-15-20)26-17-18-11-10-16-21(24)22(18)25;1-7(2)10-11-8(3,4)9(5,6)12-10;8-5-3-1-2-4(6(5)9)7(10)11;8-6-3-1-2-5(4-10)7(6)9;1-2-4-5-3-1;/h6-18,20H,19,27H2,1-5H3;6-18H,1,19,27H2,2-5H3;4-16H,17,25H2,1-3H3;1H2,2-6H3;1-3H,9H2,(H,10,11);1-3,10H,4,9H2;1-4H2;. The second-order valence-corrected chi connectivity index (χ2v) is 50.6. The molecule has 124 heavy (non-hydrogen) atoms. The summed E-state index contributed by atoms with van der Waals surface area (Å²) < 4.78 is 39.7. The highest BCUT2D eigenvalue weighted by molar-refractivity contribution is 9.11. The first-order valence-corrected chi connectivity index (χ1v) is 49.8. The third kappa shape index (κ3) is 26.5. The van der Waals surface area contributed by atoms with Crippen molar-refractivity contribution < 1.29 is 42.3 Å². The highest BCUT2D eigenvalue weighted by atomic mass is 79.9. The smallest absolute Gasteiger partial charge is 0.478 e. The molecule has 22 heteroatoms. The number of rotatable bonds is 20. The van der Waals surface area contributed by atoms with Crippen LogP contribution in [0.5, 0.6) is 0 Å². The monoisotopic (exact) mass is 1910 g/mol.